The molecule has 4 heteroatoms. The molecule has 0 bridgehead atoms. The van der Waals surface area contributed by atoms with Crippen LogP contribution in [0.3, 0.4) is 0 Å². The maximum absolute atomic E-state index is 4.43. The molecule has 1 aromatic heterocycles. The zero-order valence-electron chi connectivity index (χ0n) is 10.8. The molecule has 1 aromatic carbocycles. The standard InChI is InChI=1S/C14H17N3S/c1-10(2)11-4-6-12(7-5-11)18-14-9-16-8-13(15-3)17-14/h4-10H,1-3H3,(H,15,17). The van der Waals surface area contributed by atoms with Crippen LogP contribution < -0.4 is 5.32 Å². The third-order valence-corrected chi connectivity index (χ3v) is 3.55. The van der Waals surface area contributed by atoms with Gasteiger partial charge in [0.25, 0.3) is 0 Å². The van der Waals surface area contributed by atoms with Gasteiger partial charge in [0.15, 0.2) is 0 Å². The predicted octanol–water partition coefficient (Wildman–Crippen LogP) is 3.79. The quantitative estimate of drug-likeness (QED) is 0.906. The van der Waals surface area contributed by atoms with Gasteiger partial charge < -0.3 is 5.32 Å². The van der Waals surface area contributed by atoms with Crippen molar-refractivity contribution in [1.29, 1.82) is 0 Å². The van der Waals surface area contributed by atoms with Crippen LogP contribution in [0, 0.1) is 0 Å². The maximum atomic E-state index is 4.43. The highest BCUT2D eigenvalue weighted by Gasteiger charge is 2.02. The molecule has 94 valence electrons. The van der Waals surface area contributed by atoms with Crippen molar-refractivity contribution in [2.75, 3.05) is 12.4 Å². The summed E-state index contributed by atoms with van der Waals surface area (Å²) in [5.41, 5.74) is 1.36. The Bertz CT molecular complexity index is 509. The fraction of sp³-hybridized carbons (Fsp3) is 0.286. The zero-order valence-corrected chi connectivity index (χ0v) is 11.7. The summed E-state index contributed by atoms with van der Waals surface area (Å²) in [4.78, 5) is 9.77. The zero-order chi connectivity index (χ0) is 13.0. The van der Waals surface area contributed by atoms with Crippen LogP contribution in [0.15, 0.2) is 46.6 Å². The van der Waals surface area contributed by atoms with Crippen molar-refractivity contribution in [2.45, 2.75) is 29.7 Å². The molecule has 0 saturated carbocycles. The number of benzene rings is 1. The predicted molar refractivity (Wildman–Crippen MR) is 76.2 cm³/mol. The molecular weight excluding hydrogens is 242 g/mol. The van der Waals surface area contributed by atoms with E-state index in [9.17, 15) is 0 Å². The Hall–Kier alpha value is -1.55. The smallest absolute Gasteiger partial charge is 0.145 e. The molecule has 1 N–H and O–H groups in total. The molecule has 0 unspecified atom stereocenters. The van der Waals surface area contributed by atoms with Crippen molar-refractivity contribution < 1.29 is 0 Å². The Morgan fingerprint density at radius 1 is 1.11 bits per heavy atom. The number of anilines is 1. The lowest BCUT2D eigenvalue weighted by molar-refractivity contribution is 0.865. The number of nitrogens with zero attached hydrogens (tertiary/aromatic N) is 2. The maximum Gasteiger partial charge on any atom is 0.145 e. The summed E-state index contributed by atoms with van der Waals surface area (Å²) in [5, 5.41) is 3.89. The Morgan fingerprint density at radius 3 is 2.44 bits per heavy atom. The van der Waals surface area contributed by atoms with Gasteiger partial charge in [-0.3, -0.25) is 4.98 Å². The van der Waals surface area contributed by atoms with Gasteiger partial charge in [0.05, 0.1) is 12.4 Å². The molecule has 0 fully saturated rings. The third-order valence-electron chi connectivity index (χ3n) is 2.64. The molecule has 3 nitrogen and oxygen atoms in total. The fourth-order valence-electron chi connectivity index (χ4n) is 1.56. The van der Waals surface area contributed by atoms with E-state index in [-0.39, 0.29) is 0 Å². The van der Waals surface area contributed by atoms with Crippen LogP contribution in [0.1, 0.15) is 25.3 Å². The second-order valence-corrected chi connectivity index (χ2v) is 5.41. The highest BCUT2D eigenvalue weighted by molar-refractivity contribution is 7.99. The lowest BCUT2D eigenvalue weighted by atomic mass is 10.0. The van der Waals surface area contributed by atoms with Gasteiger partial charge in [0.1, 0.15) is 10.8 Å². The van der Waals surface area contributed by atoms with Crippen molar-refractivity contribution in [3.63, 3.8) is 0 Å². The molecule has 0 saturated heterocycles. The first-order valence-electron chi connectivity index (χ1n) is 5.96. The Balaban J connectivity index is 2.13. The highest BCUT2D eigenvalue weighted by atomic mass is 32.2. The van der Waals surface area contributed by atoms with Crippen molar-refractivity contribution >= 4 is 17.6 Å². The molecule has 2 rings (SSSR count). The molecule has 0 atom stereocenters. The van der Waals surface area contributed by atoms with Crippen molar-refractivity contribution in [2.24, 2.45) is 0 Å². The normalized spacial score (nSPS) is 10.7. The van der Waals surface area contributed by atoms with E-state index in [0.29, 0.717) is 5.92 Å². The average Bonchev–Trinajstić information content (AvgIpc) is 2.39. The molecule has 1 heterocycles. The first kappa shape index (κ1) is 12.9. The second-order valence-electron chi connectivity index (χ2n) is 4.32. The van der Waals surface area contributed by atoms with E-state index in [4.69, 9.17) is 0 Å². The van der Waals surface area contributed by atoms with Crippen molar-refractivity contribution in [1.82, 2.24) is 9.97 Å². The summed E-state index contributed by atoms with van der Waals surface area (Å²) >= 11 is 1.62. The highest BCUT2D eigenvalue weighted by Crippen LogP contribution is 2.27. The van der Waals surface area contributed by atoms with E-state index in [0.717, 1.165) is 10.8 Å². The topological polar surface area (TPSA) is 37.8 Å². The number of aromatic nitrogens is 2. The fourth-order valence-corrected chi connectivity index (χ4v) is 2.33. The van der Waals surface area contributed by atoms with Crippen LogP contribution in [-0.2, 0) is 0 Å². The third kappa shape index (κ3) is 3.23. The van der Waals surface area contributed by atoms with Crippen LogP contribution in [0.2, 0.25) is 0 Å². The van der Waals surface area contributed by atoms with E-state index in [1.54, 1.807) is 24.2 Å². The summed E-state index contributed by atoms with van der Waals surface area (Å²) in [5.74, 6) is 1.36. The van der Waals surface area contributed by atoms with Gasteiger partial charge in [-0.1, -0.05) is 37.7 Å². The van der Waals surface area contributed by atoms with E-state index in [1.165, 1.54) is 10.5 Å². The van der Waals surface area contributed by atoms with Crippen LogP contribution in [0.4, 0.5) is 5.82 Å². The molecule has 2 aromatic rings. The van der Waals surface area contributed by atoms with Crippen molar-refractivity contribution in [3.8, 4) is 0 Å². The minimum Gasteiger partial charge on any atom is -0.372 e. The molecule has 18 heavy (non-hydrogen) atoms. The SMILES string of the molecule is CNc1cncc(Sc2ccc(C(C)C)cc2)n1. The molecule has 0 spiro atoms. The number of hydrogen-bond acceptors (Lipinski definition) is 4. The van der Waals surface area contributed by atoms with Gasteiger partial charge in [0.2, 0.25) is 0 Å². The van der Waals surface area contributed by atoms with Crippen LogP contribution in [-0.4, -0.2) is 17.0 Å². The summed E-state index contributed by atoms with van der Waals surface area (Å²) in [6.45, 7) is 4.40. The van der Waals surface area contributed by atoms with E-state index < -0.39 is 0 Å². The summed E-state index contributed by atoms with van der Waals surface area (Å²) in [6, 6.07) is 8.60. The molecule has 0 aliphatic carbocycles. The molecular formula is C14H17N3S. The Labute approximate surface area is 112 Å². The van der Waals surface area contributed by atoms with Crippen molar-refractivity contribution in [3.05, 3.63) is 42.2 Å². The first-order valence-corrected chi connectivity index (χ1v) is 6.78. The average molecular weight is 259 g/mol. The number of hydrogen-bond donors (Lipinski definition) is 1. The Kier molecular flexibility index (Phi) is 4.20. The van der Waals surface area contributed by atoms with Crippen LogP contribution >= 0.6 is 11.8 Å². The summed E-state index contributed by atoms with van der Waals surface area (Å²) < 4.78 is 0. The Morgan fingerprint density at radius 2 is 1.83 bits per heavy atom. The lowest BCUT2D eigenvalue weighted by Crippen LogP contribution is -1.94. The molecule has 0 radical (unpaired) electrons. The minimum absolute atomic E-state index is 0.566. The molecule has 0 aliphatic heterocycles. The van der Waals surface area contributed by atoms with Gasteiger partial charge in [-0.25, -0.2) is 4.98 Å². The van der Waals surface area contributed by atoms with E-state index in [2.05, 4.69) is 53.4 Å². The molecule has 0 aliphatic rings. The largest absolute Gasteiger partial charge is 0.372 e. The van der Waals surface area contributed by atoms with Gasteiger partial charge in [-0.2, -0.15) is 0 Å². The summed E-state index contributed by atoms with van der Waals surface area (Å²) in [6.07, 6.45) is 3.49. The van der Waals surface area contributed by atoms with Gasteiger partial charge in [-0.05, 0) is 23.6 Å². The second kappa shape index (κ2) is 5.87. The number of nitrogens with one attached hydrogen (secondary N) is 1. The van der Waals surface area contributed by atoms with E-state index >= 15 is 0 Å². The van der Waals surface area contributed by atoms with Gasteiger partial charge in [0, 0.05) is 11.9 Å². The lowest BCUT2D eigenvalue weighted by Gasteiger charge is -2.06. The first-order chi connectivity index (χ1) is 8.69. The summed E-state index contributed by atoms with van der Waals surface area (Å²) in [7, 11) is 1.84. The van der Waals surface area contributed by atoms with Crippen LogP contribution in [0.5, 0.6) is 0 Å². The van der Waals surface area contributed by atoms with Gasteiger partial charge in [-0.15, -0.1) is 0 Å². The van der Waals surface area contributed by atoms with Gasteiger partial charge >= 0.3 is 0 Å². The van der Waals surface area contributed by atoms with E-state index in [1.807, 2.05) is 7.05 Å². The minimum atomic E-state index is 0.566. The van der Waals surface area contributed by atoms with Crippen LogP contribution in [0.25, 0.3) is 0 Å². The molecule has 0 amide bonds. The number of rotatable bonds is 4. The monoisotopic (exact) mass is 259 g/mol.